The first-order valence-electron chi connectivity index (χ1n) is 7.84. The van der Waals surface area contributed by atoms with Gasteiger partial charge in [-0.15, -0.1) is 0 Å². The highest BCUT2D eigenvalue weighted by atomic mass is 79.9. The van der Waals surface area contributed by atoms with Crippen molar-refractivity contribution in [3.05, 3.63) is 59.7 Å². The fraction of sp³-hybridized carbons (Fsp3) is 0.300. The van der Waals surface area contributed by atoms with Crippen LogP contribution in [0.1, 0.15) is 48.4 Å². The van der Waals surface area contributed by atoms with E-state index >= 15 is 0 Å². The van der Waals surface area contributed by atoms with Gasteiger partial charge >= 0.3 is 0 Å². The first kappa shape index (κ1) is 18.9. The number of halogens is 1. The van der Waals surface area contributed by atoms with Crippen molar-refractivity contribution in [3.8, 4) is 0 Å². The van der Waals surface area contributed by atoms with E-state index in [4.69, 9.17) is 0 Å². The Bertz CT molecular complexity index is 726. The third kappa shape index (κ3) is 4.81. The van der Waals surface area contributed by atoms with Crippen LogP contribution in [0, 0.1) is 5.92 Å². The molecule has 0 spiro atoms. The normalized spacial score (nSPS) is 11.6. The largest absolute Gasteiger partial charge is 0.294 e. The van der Waals surface area contributed by atoms with Crippen LogP contribution in [0.4, 0.5) is 0 Å². The van der Waals surface area contributed by atoms with E-state index < -0.39 is 4.32 Å². The molecule has 0 saturated carbocycles. The van der Waals surface area contributed by atoms with Gasteiger partial charge < -0.3 is 0 Å². The van der Waals surface area contributed by atoms with Crippen LogP contribution >= 0.6 is 27.7 Å². The van der Waals surface area contributed by atoms with E-state index in [0.29, 0.717) is 5.56 Å². The molecule has 2 nitrogen and oxygen atoms in total. The van der Waals surface area contributed by atoms with Gasteiger partial charge in [-0.05, 0) is 38.1 Å². The second kappa shape index (κ2) is 7.66. The number of hydrogen-bond acceptors (Lipinski definition) is 3. The van der Waals surface area contributed by atoms with Crippen molar-refractivity contribution in [2.24, 2.45) is 5.92 Å². The maximum absolute atomic E-state index is 12.2. The summed E-state index contributed by atoms with van der Waals surface area (Å²) in [6, 6.07) is 15.3. The van der Waals surface area contributed by atoms with Crippen molar-refractivity contribution in [1.29, 1.82) is 0 Å². The van der Waals surface area contributed by atoms with Gasteiger partial charge in [-0.25, -0.2) is 0 Å². The topological polar surface area (TPSA) is 34.1 Å². The molecule has 0 heterocycles. The Hall–Kier alpha value is -1.39. The summed E-state index contributed by atoms with van der Waals surface area (Å²) in [5.41, 5.74) is 1.44. The molecule has 0 unspecified atom stereocenters. The lowest BCUT2D eigenvalue weighted by Gasteiger charge is -2.14. The zero-order valence-electron chi connectivity index (χ0n) is 14.3. The molecule has 24 heavy (non-hydrogen) atoms. The predicted octanol–water partition coefficient (Wildman–Crippen LogP) is 6.03. The van der Waals surface area contributed by atoms with E-state index in [1.807, 2.05) is 76.2 Å². The molecule has 0 N–H and O–H groups in total. The highest BCUT2D eigenvalue weighted by Crippen LogP contribution is 2.29. The van der Waals surface area contributed by atoms with E-state index in [0.717, 1.165) is 15.4 Å². The van der Waals surface area contributed by atoms with E-state index in [1.165, 1.54) is 0 Å². The van der Waals surface area contributed by atoms with Crippen LogP contribution in [-0.4, -0.2) is 15.9 Å². The number of alkyl halides is 1. The minimum atomic E-state index is -0.555. The highest BCUT2D eigenvalue weighted by Gasteiger charge is 2.24. The van der Waals surface area contributed by atoms with Crippen molar-refractivity contribution in [1.82, 2.24) is 0 Å². The quantitative estimate of drug-likeness (QED) is 0.435. The van der Waals surface area contributed by atoms with Gasteiger partial charge in [0.15, 0.2) is 11.6 Å². The molecule has 0 aliphatic carbocycles. The van der Waals surface area contributed by atoms with E-state index in [1.54, 1.807) is 11.8 Å². The SMILES string of the molecule is CC(C)C(=O)c1ccc(Sc2ccc(C(=O)C(C)(C)Br)cc2)cc1. The average molecular weight is 405 g/mol. The summed E-state index contributed by atoms with van der Waals surface area (Å²) in [5.74, 6) is 0.231. The van der Waals surface area contributed by atoms with Crippen LogP contribution in [0.5, 0.6) is 0 Å². The standard InChI is InChI=1S/C20H21BrO2S/c1-13(2)18(22)14-5-9-16(10-6-14)24-17-11-7-15(8-12-17)19(23)20(3,4)21/h5-13H,1-4H3. The van der Waals surface area contributed by atoms with Gasteiger partial charge in [-0.1, -0.05) is 65.8 Å². The number of benzene rings is 2. The lowest BCUT2D eigenvalue weighted by molar-refractivity contribution is 0.0937. The third-order valence-electron chi connectivity index (χ3n) is 3.56. The highest BCUT2D eigenvalue weighted by molar-refractivity contribution is 9.10. The van der Waals surface area contributed by atoms with Crippen LogP contribution in [0.25, 0.3) is 0 Å². The van der Waals surface area contributed by atoms with Gasteiger partial charge in [0.2, 0.25) is 0 Å². The number of rotatable bonds is 6. The van der Waals surface area contributed by atoms with E-state index in [-0.39, 0.29) is 17.5 Å². The third-order valence-corrected chi connectivity index (χ3v) is 4.93. The van der Waals surface area contributed by atoms with Crippen molar-refractivity contribution in [3.63, 3.8) is 0 Å². The predicted molar refractivity (Wildman–Crippen MR) is 104 cm³/mol. The molecule has 2 rings (SSSR count). The Labute approximate surface area is 156 Å². The molecule has 0 fully saturated rings. The van der Waals surface area contributed by atoms with Crippen LogP contribution in [0.3, 0.4) is 0 Å². The first-order valence-corrected chi connectivity index (χ1v) is 9.45. The van der Waals surface area contributed by atoms with Gasteiger partial charge in [0.05, 0.1) is 4.32 Å². The van der Waals surface area contributed by atoms with Crippen LogP contribution in [0.2, 0.25) is 0 Å². The number of hydrogen-bond donors (Lipinski definition) is 0. The molecule has 0 aromatic heterocycles. The molecule has 0 bridgehead atoms. The molecular weight excluding hydrogens is 384 g/mol. The van der Waals surface area contributed by atoms with E-state index in [2.05, 4.69) is 15.9 Å². The summed E-state index contributed by atoms with van der Waals surface area (Å²) >= 11 is 5.01. The van der Waals surface area contributed by atoms with Crippen LogP contribution in [0.15, 0.2) is 58.3 Å². The Morgan fingerprint density at radius 3 is 1.67 bits per heavy atom. The molecule has 2 aromatic rings. The Kier molecular flexibility index (Phi) is 6.05. The van der Waals surface area contributed by atoms with Gasteiger partial charge in [0.25, 0.3) is 0 Å². The summed E-state index contributed by atoms with van der Waals surface area (Å²) in [7, 11) is 0. The summed E-state index contributed by atoms with van der Waals surface area (Å²) in [6.45, 7) is 7.50. The minimum Gasteiger partial charge on any atom is -0.294 e. The molecule has 0 atom stereocenters. The summed E-state index contributed by atoms with van der Waals surface area (Å²) in [5, 5.41) is 0. The van der Waals surface area contributed by atoms with Crippen molar-refractivity contribution < 1.29 is 9.59 Å². The molecule has 4 heteroatoms. The first-order chi connectivity index (χ1) is 11.2. The second-order valence-corrected chi connectivity index (χ2v) is 9.60. The molecular formula is C20H21BrO2S. The molecule has 126 valence electrons. The van der Waals surface area contributed by atoms with Crippen molar-refractivity contribution >= 4 is 39.3 Å². The smallest absolute Gasteiger partial charge is 0.178 e. The zero-order chi connectivity index (χ0) is 17.9. The average Bonchev–Trinajstić information content (AvgIpc) is 2.54. The second-order valence-electron chi connectivity index (χ2n) is 6.47. The zero-order valence-corrected chi connectivity index (χ0v) is 16.7. The molecule has 2 aromatic carbocycles. The van der Waals surface area contributed by atoms with Crippen LogP contribution in [-0.2, 0) is 0 Å². The number of carbonyl (C=O) groups is 2. The summed E-state index contributed by atoms with van der Waals surface area (Å²) in [6.07, 6.45) is 0. The molecule has 0 saturated heterocycles. The van der Waals surface area contributed by atoms with E-state index in [9.17, 15) is 9.59 Å². The molecule has 0 radical (unpaired) electrons. The fourth-order valence-electron chi connectivity index (χ4n) is 2.17. The number of Topliss-reactive ketones (excluding diaryl/α,β-unsaturated/α-hetero) is 2. The Morgan fingerprint density at radius 1 is 0.875 bits per heavy atom. The summed E-state index contributed by atoms with van der Waals surface area (Å²) in [4.78, 5) is 26.3. The van der Waals surface area contributed by atoms with Gasteiger partial charge in [0, 0.05) is 26.8 Å². The summed E-state index contributed by atoms with van der Waals surface area (Å²) < 4.78 is -0.555. The van der Waals surface area contributed by atoms with Crippen molar-refractivity contribution in [2.45, 2.75) is 41.8 Å². The maximum Gasteiger partial charge on any atom is 0.178 e. The van der Waals surface area contributed by atoms with Gasteiger partial charge in [-0.2, -0.15) is 0 Å². The van der Waals surface area contributed by atoms with Gasteiger partial charge in [-0.3, -0.25) is 9.59 Å². The lowest BCUT2D eigenvalue weighted by Crippen LogP contribution is -2.23. The van der Waals surface area contributed by atoms with Gasteiger partial charge in [0.1, 0.15) is 0 Å². The molecule has 0 aliphatic heterocycles. The Morgan fingerprint density at radius 2 is 1.29 bits per heavy atom. The fourth-order valence-corrected chi connectivity index (χ4v) is 3.22. The molecule has 0 amide bonds. The minimum absolute atomic E-state index is 0.00673. The lowest BCUT2D eigenvalue weighted by atomic mass is 10.0. The molecule has 0 aliphatic rings. The number of carbonyl (C=O) groups excluding carboxylic acids is 2. The van der Waals surface area contributed by atoms with Crippen molar-refractivity contribution in [2.75, 3.05) is 0 Å². The van der Waals surface area contributed by atoms with Crippen LogP contribution < -0.4 is 0 Å². The monoisotopic (exact) mass is 404 g/mol. The number of ketones is 2. The Balaban J connectivity index is 2.09. The maximum atomic E-state index is 12.2.